The average Bonchev–Trinajstić information content (AvgIpc) is 2.71. The molecule has 27 heavy (non-hydrogen) atoms. The fraction of sp³-hybridized carbons (Fsp3) is 0.263. The predicted octanol–water partition coefficient (Wildman–Crippen LogP) is 2.58. The van der Waals surface area contributed by atoms with Crippen molar-refractivity contribution in [3.63, 3.8) is 0 Å². The van der Waals surface area contributed by atoms with Crippen LogP contribution < -0.4 is 10.5 Å². The molecule has 1 saturated heterocycles. The first-order valence-electron chi connectivity index (χ1n) is 8.59. The zero-order valence-corrected chi connectivity index (χ0v) is 16.3. The first kappa shape index (κ1) is 17.8. The first-order chi connectivity index (χ1) is 13.1. The van der Waals surface area contributed by atoms with Crippen molar-refractivity contribution in [2.24, 2.45) is 7.05 Å². The summed E-state index contributed by atoms with van der Waals surface area (Å²) in [4.78, 5) is 27.4. The van der Waals surface area contributed by atoms with Crippen LogP contribution >= 0.6 is 15.9 Å². The van der Waals surface area contributed by atoms with E-state index in [1.54, 1.807) is 23.9 Å². The quantitative estimate of drug-likeness (QED) is 0.639. The molecular weight excluding hydrogens is 410 g/mol. The third kappa shape index (κ3) is 3.63. The van der Waals surface area contributed by atoms with Crippen molar-refractivity contribution < 1.29 is 4.74 Å². The van der Waals surface area contributed by atoms with E-state index in [-0.39, 0.29) is 11.7 Å². The Bertz CT molecular complexity index is 1010. The van der Waals surface area contributed by atoms with E-state index in [0.29, 0.717) is 37.0 Å². The van der Waals surface area contributed by atoms with Crippen molar-refractivity contribution in [2.45, 2.75) is 6.10 Å². The maximum Gasteiger partial charge on any atom is 0.255 e. The lowest BCUT2D eigenvalue weighted by Crippen LogP contribution is -2.41. The Morgan fingerprint density at radius 3 is 2.85 bits per heavy atom. The van der Waals surface area contributed by atoms with Crippen LogP contribution in [0.4, 0.5) is 5.95 Å². The maximum atomic E-state index is 12.5. The van der Waals surface area contributed by atoms with Gasteiger partial charge in [-0.25, -0.2) is 15.0 Å². The molecular formula is C19H18BrN5O2. The molecule has 2 aromatic heterocycles. The lowest BCUT2D eigenvalue weighted by molar-refractivity contribution is 0.0385. The Balaban J connectivity index is 1.69. The van der Waals surface area contributed by atoms with E-state index < -0.39 is 0 Å². The van der Waals surface area contributed by atoms with Gasteiger partial charge in [-0.15, -0.1) is 0 Å². The summed E-state index contributed by atoms with van der Waals surface area (Å²) in [5.74, 6) is 0.608. The largest absolute Gasteiger partial charge is 0.370 e. The minimum absolute atomic E-state index is 0.103. The molecule has 0 aliphatic carbocycles. The van der Waals surface area contributed by atoms with Crippen molar-refractivity contribution >= 4 is 21.9 Å². The third-order valence-corrected chi connectivity index (χ3v) is 5.28. The zero-order valence-electron chi connectivity index (χ0n) is 14.7. The minimum Gasteiger partial charge on any atom is -0.370 e. The van der Waals surface area contributed by atoms with Gasteiger partial charge >= 0.3 is 0 Å². The van der Waals surface area contributed by atoms with Gasteiger partial charge in [0.2, 0.25) is 5.95 Å². The molecule has 4 rings (SSSR count). The SMILES string of the molecule is Cn1c(N2CCO[C@H](c3ccccc3Br)C2)nc(-c2ccncn2)cc1=O. The van der Waals surface area contributed by atoms with Crippen LogP contribution in [0.5, 0.6) is 0 Å². The van der Waals surface area contributed by atoms with Gasteiger partial charge in [0.15, 0.2) is 0 Å². The Kier molecular flexibility index (Phi) is 5.00. The minimum atomic E-state index is -0.127. The summed E-state index contributed by atoms with van der Waals surface area (Å²) >= 11 is 3.59. The normalized spacial score (nSPS) is 17.1. The van der Waals surface area contributed by atoms with Crippen LogP contribution in [0, 0.1) is 0 Å². The van der Waals surface area contributed by atoms with Crippen molar-refractivity contribution in [2.75, 3.05) is 24.6 Å². The monoisotopic (exact) mass is 427 g/mol. The van der Waals surface area contributed by atoms with Gasteiger partial charge in [0, 0.05) is 30.3 Å². The number of anilines is 1. The highest BCUT2D eigenvalue weighted by atomic mass is 79.9. The molecule has 0 saturated carbocycles. The summed E-state index contributed by atoms with van der Waals surface area (Å²) in [5, 5.41) is 0. The summed E-state index contributed by atoms with van der Waals surface area (Å²) in [5.41, 5.74) is 2.12. The molecule has 0 N–H and O–H groups in total. The number of benzene rings is 1. The second-order valence-electron chi connectivity index (χ2n) is 6.26. The van der Waals surface area contributed by atoms with Gasteiger partial charge in [0.05, 0.1) is 24.5 Å². The van der Waals surface area contributed by atoms with E-state index in [2.05, 4.69) is 30.8 Å². The first-order valence-corrected chi connectivity index (χ1v) is 9.38. The summed E-state index contributed by atoms with van der Waals surface area (Å²) in [7, 11) is 1.73. The number of rotatable bonds is 3. The molecule has 3 heterocycles. The van der Waals surface area contributed by atoms with Crippen LogP contribution in [0.1, 0.15) is 11.7 Å². The molecule has 0 amide bonds. The van der Waals surface area contributed by atoms with E-state index in [1.165, 1.54) is 12.4 Å². The number of ether oxygens (including phenoxy) is 1. The Morgan fingerprint density at radius 1 is 1.22 bits per heavy atom. The van der Waals surface area contributed by atoms with Gasteiger partial charge in [-0.2, -0.15) is 0 Å². The lowest BCUT2D eigenvalue weighted by Gasteiger charge is -2.35. The molecule has 0 spiro atoms. The summed E-state index contributed by atoms with van der Waals surface area (Å²) < 4.78 is 8.54. The highest BCUT2D eigenvalue weighted by Gasteiger charge is 2.26. The Morgan fingerprint density at radius 2 is 2.07 bits per heavy atom. The molecule has 0 bridgehead atoms. The van der Waals surface area contributed by atoms with Gasteiger partial charge < -0.3 is 9.64 Å². The van der Waals surface area contributed by atoms with Crippen LogP contribution in [-0.4, -0.2) is 39.2 Å². The van der Waals surface area contributed by atoms with Gasteiger partial charge in [0.1, 0.15) is 12.4 Å². The van der Waals surface area contributed by atoms with Crippen molar-refractivity contribution in [3.05, 3.63) is 69.3 Å². The van der Waals surface area contributed by atoms with E-state index in [9.17, 15) is 4.79 Å². The summed E-state index contributed by atoms with van der Waals surface area (Å²) in [6.45, 7) is 1.82. The van der Waals surface area contributed by atoms with Crippen LogP contribution in [0.3, 0.4) is 0 Å². The van der Waals surface area contributed by atoms with E-state index in [1.807, 2.05) is 24.3 Å². The lowest BCUT2D eigenvalue weighted by atomic mass is 10.1. The number of aromatic nitrogens is 4. The van der Waals surface area contributed by atoms with Crippen LogP contribution in [0.2, 0.25) is 0 Å². The summed E-state index contributed by atoms with van der Waals surface area (Å²) in [6, 6.07) is 11.3. The van der Waals surface area contributed by atoms with Crippen LogP contribution in [0.15, 0.2) is 58.2 Å². The summed E-state index contributed by atoms with van der Waals surface area (Å²) in [6.07, 6.45) is 2.99. The van der Waals surface area contributed by atoms with Crippen LogP contribution in [-0.2, 0) is 11.8 Å². The molecule has 138 valence electrons. The topological polar surface area (TPSA) is 73.1 Å². The van der Waals surface area contributed by atoms with E-state index in [4.69, 9.17) is 9.72 Å². The fourth-order valence-corrected chi connectivity index (χ4v) is 3.68. The molecule has 7 nitrogen and oxygen atoms in total. The maximum absolute atomic E-state index is 12.5. The van der Waals surface area contributed by atoms with Gasteiger partial charge in [-0.05, 0) is 17.7 Å². The van der Waals surface area contributed by atoms with Crippen molar-refractivity contribution in [3.8, 4) is 11.4 Å². The number of halogens is 1. The standard InChI is InChI=1S/C19H18BrN5O2/c1-24-18(26)10-16(15-6-7-21-12-22-15)23-19(24)25-8-9-27-17(11-25)13-4-2-3-5-14(13)20/h2-7,10,12,17H,8-9,11H2,1H3/t17-/m0/s1. The molecule has 1 fully saturated rings. The number of morpholine rings is 1. The number of hydrogen-bond donors (Lipinski definition) is 0. The number of nitrogens with zero attached hydrogens (tertiary/aromatic N) is 5. The Hall–Kier alpha value is -2.58. The molecule has 0 radical (unpaired) electrons. The third-order valence-electron chi connectivity index (χ3n) is 4.56. The molecule has 1 aliphatic rings. The number of hydrogen-bond acceptors (Lipinski definition) is 6. The van der Waals surface area contributed by atoms with Gasteiger partial charge in [-0.3, -0.25) is 9.36 Å². The predicted molar refractivity (Wildman–Crippen MR) is 106 cm³/mol. The van der Waals surface area contributed by atoms with Crippen molar-refractivity contribution in [1.29, 1.82) is 0 Å². The zero-order chi connectivity index (χ0) is 18.8. The van der Waals surface area contributed by atoms with Gasteiger partial charge in [0.25, 0.3) is 5.56 Å². The molecule has 0 unspecified atom stereocenters. The molecule has 1 aliphatic heterocycles. The molecule has 8 heteroatoms. The van der Waals surface area contributed by atoms with E-state index in [0.717, 1.165) is 10.0 Å². The molecule has 1 atom stereocenters. The second kappa shape index (κ2) is 7.58. The van der Waals surface area contributed by atoms with Gasteiger partial charge in [-0.1, -0.05) is 34.1 Å². The second-order valence-corrected chi connectivity index (χ2v) is 7.11. The smallest absolute Gasteiger partial charge is 0.255 e. The highest BCUT2D eigenvalue weighted by molar-refractivity contribution is 9.10. The van der Waals surface area contributed by atoms with Crippen LogP contribution in [0.25, 0.3) is 11.4 Å². The molecule has 1 aromatic carbocycles. The fourth-order valence-electron chi connectivity index (χ4n) is 3.14. The average molecular weight is 428 g/mol. The molecule has 3 aromatic rings. The van der Waals surface area contributed by atoms with Crippen molar-refractivity contribution in [1.82, 2.24) is 19.5 Å². The highest BCUT2D eigenvalue weighted by Crippen LogP contribution is 2.30. The Labute approximate surface area is 164 Å². The van der Waals surface area contributed by atoms with E-state index >= 15 is 0 Å².